The van der Waals surface area contributed by atoms with Crippen molar-refractivity contribution in [3.05, 3.63) is 60.3 Å². The SMILES string of the molecule is COc1cc(-c2ccc(S(C)(=O)=O)cc2)c(-c2ccc(O)cc2)c(C(F)(F)F)n1. The summed E-state index contributed by atoms with van der Waals surface area (Å²) in [4.78, 5) is 3.64. The van der Waals surface area contributed by atoms with Crippen LogP contribution in [0.4, 0.5) is 13.2 Å². The number of phenolic OH excluding ortho intramolecular Hbond substituents is 1. The molecule has 0 radical (unpaired) electrons. The predicted molar refractivity (Wildman–Crippen MR) is 101 cm³/mol. The maximum atomic E-state index is 13.8. The van der Waals surface area contributed by atoms with Crippen LogP contribution < -0.4 is 4.74 Å². The highest BCUT2D eigenvalue weighted by Crippen LogP contribution is 2.43. The van der Waals surface area contributed by atoms with Crippen LogP contribution in [0, 0.1) is 0 Å². The molecule has 0 atom stereocenters. The standard InChI is InChI=1S/C20H16F3NO4S/c1-28-17-11-16(12-5-9-15(10-6-12)29(2,26)27)18(19(24-17)20(21,22)23)13-3-7-14(25)8-4-13/h3-11,25H,1-2H3. The van der Waals surface area contributed by atoms with Crippen molar-refractivity contribution >= 4 is 9.84 Å². The number of rotatable bonds is 4. The van der Waals surface area contributed by atoms with E-state index in [0.29, 0.717) is 5.56 Å². The first-order valence-electron chi connectivity index (χ1n) is 8.27. The maximum Gasteiger partial charge on any atom is 0.434 e. The zero-order valence-corrected chi connectivity index (χ0v) is 16.2. The largest absolute Gasteiger partial charge is 0.508 e. The summed E-state index contributed by atoms with van der Waals surface area (Å²) < 4.78 is 69.7. The van der Waals surface area contributed by atoms with Gasteiger partial charge in [0.1, 0.15) is 5.75 Å². The summed E-state index contributed by atoms with van der Waals surface area (Å²) in [7, 11) is -2.25. The lowest BCUT2D eigenvalue weighted by atomic mass is 9.93. The number of alkyl halides is 3. The van der Waals surface area contributed by atoms with Crippen LogP contribution in [0.1, 0.15) is 5.69 Å². The first-order chi connectivity index (χ1) is 13.5. The van der Waals surface area contributed by atoms with Crippen molar-refractivity contribution in [2.75, 3.05) is 13.4 Å². The van der Waals surface area contributed by atoms with Gasteiger partial charge in [0.2, 0.25) is 5.88 Å². The monoisotopic (exact) mass is 423 g/mol. The van der Waals surface area contributed by atoms with Gasteiger partial charge in [-0.05, 0) is 41.0 Å². The Morgan fingerprint density at radius 2 is 1.52 bits per heavy atom. The highest BCUT2D eigenvalue weighted by Gasteiger charge is 2.38. The molecule has 29 heavy (non-hydrogen) atoms. The fourth-order valence-corrected chi connectivity index (χ4v) is 3.49. The van der Waals surface area contributed by atoms with Crippen molar-refractivity contribution in [2.24, 2.45) is 0 Å². The summed E-state index contributed by atoms with van der Waals surface area (Å²) in [6, 6.07) is 12.1. The lowest BCUT2D eigenvalue weighted by Crippen LogP contribution is -2.12. The molecule has 0 unspecified atom stereocenters. The van der Waals surface area contributed by atoms with Gasteiger partial charge in [0.05, 0.1) is 12.0 Å². The lowest BCUT2D eigenvalue weighted by Gasteiger charge is -2.18. The van der Waals surface area contributed by atoms with Gasteiger partial charge in [0, 0.05) is 17.9 Å². The molecule has 0 bridgehead atoms. The molecule has 3 aromatic rings. The van der Waals surface area contributed by atoms with Crippen molar-refractivity contribution in [3.8, 4) is 33.9 Å². The third-order valence-corrected chi connectivity index (χ3v) is 5.35. The third-order valence-electron chi connectivity index (χ3n) is 4.22. The van der Waals surface area contributed by atoms with E-state index in [1.165, 1.54) is 61.7 Å². The molecule has 0 aliphatic rings. The van der Waals surface area contributed by atoms with Gasteiger partial charge in [-0.3, -0.25) is 0 Å². The molecule has 3 rings (SSSR count). The number of pyridine rings is 1. The fraction of sp³-hybridized carbons (Fsp3) is 0.150. The zero-order valence-electron chi connectivity index (χ0n) is 15.4. The number of methoxy groups -OCH3 is 1. The molecule has 2 aromatic carbocycles. The van der Waals surface area contributed by atoms with E-state index in [1.807, 2.05) is 0 Å². The molecule has 0 spiro atoms. The summed E-state index contributed by atoms with van der Waals surface area (Å²) >= 11 is 0. The normalized spacial score (nSPS) is 12.0. The topological polar surface area (TPSA) is 76.5 Å². The van der Waals surface area contributed by atoms with Gasteiger partial charge in [-0.2, -0.15) is 13.2 Å². The molecule has 1 heterocycles. The Labute approximate surface area is 165 Å². The van der Waals surface area contributed by atoms with Gasteiger partial charge in [0.15, 0.2) is 15.5 Å². The number of sulfone groups is 1. The van der Waals surface area contributed by atoms with Crippen molar-refractivity contribution in [2.45, 2.75) is 11.1 Å². The molecule has 9 heteroatoms. The Balaban J connectivity index is 2.33. The minimum absolute atomic E-state index is 0.0458. The highest BCUT2D eigenvalue weighted by molar-refractivity contribution is 7.90. The van der Waals surface area contributed by atoms with Crippen LogP contribution in [0.25, 0.3) is 22.3 Å². The highest BCUT2D eigenvalue weighted by atomic mass is 32.2. The summed E-state index contributed by atoms with van der Waals surface area (Å²) in [6.07, 6.45) is -3.73. The van der Waals surface area contributed by atoms with E-state index in [2.05, 4.69) is 4.98 Å². The van der Waals surface area contributed by atoms with Crippen molar-refractivity contribution in [1.82, 2.24) is 4.98 Å². The second-order valence-corrected chi connectivity index (χ2v) is 8.29. The number of aromatic nitrogens is 1. The van der Waals surface area contributed by atoms with Crippen molar-refractivity contribution < 1.29 is 31.4 Å². The second kappa shape index (κ2) is 7.40. The Hall–Kier alpha value is -3.07. The molecule has 1 aromatic heterocycles. The van der Waals surface area contributed by atoms with E-state index in [1.54, 1.807) is 0 Å². The fourth-order valence-electron chi connectivity index (χ4n) is 2.86. The van der Waals surface area contributed by atoms with E-state index in [-0.39, 0.29) is 33.2 Å². The minimum Gasteiger partial charge on any atom is -0.508 e. The first kappa shape index (κ1) is 20.7. The smallest absolute Gasteiger partial charge is 0.434 e. The van der Waals surface area contributed by atoms with Crippen molar-refractivity contribution in [3.63, 3.8) is 0 Å². The van der Waals surface area contributed by atoms with Crippen LogP contribution in [0.3, 0.4) is 0 Å². The van der Waals surface area contributed by atoms with Gasteiger partial charge >= 0.3 is 6.18 Å². The average molecular weight is 423 g/mol. The molecule has 0 saturated carbocycles. The molecule has 1 N–H and O–H groups in total. The summed E-state index contributed by atoms with van der Waals surface area (Å²) in [5, 5.41) is 9.49. The number of aromatic hydroxyl groups is 1. The van der Waals surface area contributed by atoms with Crippen LogP contribution in [0.2, 0.25) is 0 Å². The molecule has 0 fully saturated rings. The number of ether oxygens (including phenoxy) is 1. The second-order valence-electron chi connectivity index (χ2n) is 6.28. The Morgan fingerprint density at radius 3 is 2.00 bits per heavy atom. The van der Waals surface area contributed by atoms with Gasteiger partial charge in [0.25, 0.3) is 0 Å². The van der Waals surface area contributed by atoms with E-state index < -0.39 is 21.7 Å². The van der Waals surface area contributed by atoms with Crippen molar-refractivity contribution in [1.29, 1.82) is 0 Å². The third kappa shape index (κ3) is 4.34. The van der Waals surface area contributed by atoms with Gasteiger partial charge in [-0.15, -0.1) is 0 Å². The number of hydrogen-bond acceptors (Lipinski definition) is 5. The van der Waals surface area contributed by atoms with Crippen LogP contribution in [-0.2, 0) is 16.0 Å². The Bertz CT molecular complexity index is 1140. The van der Waals surface area contributed by atoms with E-state index >= 15 is 0 Å². The number of hydrogen-bond donors (Lipinski definition) is 1. The summed E-state index contributed by atoms with van der Waals surface area (Å²) in [5.74, 6) is -0.329. The number of phenols is 1. The van der Waals surface area contributed by atoms with Gasteiger partial charge < -0.3 is 9.84 Å². The molecular weight excluding hydrogens is 407 g/mol. The lowest BCUT2D eigenvalue weighted by molar-refractivity contribution is -0.140. The van der Waals surface area contributed by atoms with Crippen LogP contribution in [-0.4, -0.2) is 31.9 Å². The van der Waals surface area contributed by atoms with Crippen LogP contribution in [0.15, 0.2) is 59.5 Å². The van der Waals surface area contributed by atoms with E-state index in [4.69, 9.17) is 4.74 Å². The Morgan fingerprint density at radius 1 is 0.966 bits per heavy atom. The average Bonchev–Trinajstić information content (AvgIpc) is 2.66. The quantitative estimate of drug-likeness (QED) is 0.666. The summed E-state index contributed by atoms with van der Waals surface area (Å²) in [5.41, 5.74) is -0.649. The predicted octanol–water partition coefficient (Wildman–Crippen LogP) is 4.55. The number of nitrogens with zero attached hydrogens (tertiary/aromatic N) is 1. The van der Waals surface area contributed by atoms with Crippen LogP contribution in [0.5, 0.6) is 11.6 Å². The first-order valence-corrected chi connectivity index (χ1v) is 10.2. The number of halogens is 3. The molecule has 0 aliphatic heterocycles. The molecule has 0 aliphatic carbocycles. The minimum atomic E-state index is -4.77. The maximum absolute atomic E-state index is 13.8. The molecule has 0 saturated heterocycles. The molecule has 5 nitrogen and oxygen atoms in total. The molecule has 0 amide bonds. The summed E-state index contributed by atoms with van der Waals surface area (Å²) in [6.45, 7) is 0. The van der Waals surface area contributed by atoms with E-state index in [9.17, 15) is 26.7 Å². The van der Waals surface area contributed by atoms with Gasteiger partial charge in [-0.1, -0.05) is 24.3 Å². The molecular formula is C20H16F3NO4S. The number of benzene rings is 2. The van der Waals surface area contributed by atoms with Crippen LogP contribution >= 0.6 is 0 Å². The van der Waals surface area contributed by atoms with Gasteiger partial charge in [-0.25, -0.2) is 13.4 Å². The zero-order chi connectivity index (χ0) is 21.4. The Kier molecular flexibility index (Phi) is 5.27. The van der Waals surface area contributed by atoms with E-state index in [0.717, 1.165) is 6.26 Å². The molecule has 152 valence electrons.